The van der Waals surface area contributed by atoms with Gasteiger partial charge in [-0.05, 0) is 26.0 Å². The number of guanidine groups is 1. The molecule has 0 radical (unpaired) electrons. The van der Waals surface area contributed by atoms with E-state index in [-0.39, 0.29) is 6.10 Å². The molecule has 0 bridgehead atoms. The van der Waals surface area contributed by atoms with E-state index in [0.717, 1.165) is 24.1 Å². The van der Waals surface area contributed by atoms with Gasteiger partial charge in [0.1, 0.15) is 24.0 Å². The Bertz CT molecular complexity index is 640. The van der Waals surface area contributed by atoms with Crippen molar-refractivity contribution in [3.63, 3.8) is 0 Å². The van der Waals surface area contributed by atoms with E-state index in [9.17, 15) is 0 Å². The summed E-state index contributed by atoms with van der Waals surface area (Å²) in [5.74, 6) is 2.57. The summed E-state index contributed by atoms with van der Waals surface area (Å²) in [6.07, 6.45) is 1.55. The van der Waals surface area contributed by atoms with Gasteiger partial charge in [-0.25, -0.2) is 9.98 Å². The third-order valence-electron chi connectivity index (χ3n) is 3.46. The molecule has 24 heavy (non-hydrogen) atoms. The SMILES string of the molecule is CCNC(=NCC(C)Oc1ccccc1)N(C)Cc1ncnn1C. The lowest BCUT2D eigenvalue weighted by Gasteiger charge is -2.22. The first-order valence-corrected chi connectivity index (χ1v) is 8.14. The molecule has 130 valence electrons. The van der Waals surface area contributed by atoms with Gasteiger partial charge in [0.25, 0.3) is 0 Å². The molecular weight excluding hydrogens is 304 g/mol. The van der Waals surface area contributed by atoms with E-state index in [4.69, 9.17) is 4.74 Å². The van der Waals surface area contributed by atoms with Gasteiger partial charge in [0.2, 0.25) is 0 Å². The third-order valence-corrected chi connectivity index (χ3v) is 3.46. The number of nitrogens with zero attached hydrogens (tertiary/aromatic N) is 5. The van der Waals surface area contributed by atoms with Gasteiger partial charge in [-0.1, -0.05) is 18.2 Å². The Labute approximate surface area is 143 Å². The van der Waals surface area contributed by atoms with Crippen LogP contribution in [0.3, 0.4) is 0 Å². The second kappa shape index (κ2) is 8.90. The van der Waals surface area contributed by atoms with Crippen molar-refractivity contribution in [3.05, 3.63) is 42.5 Å². The third kappa shape index (κ3) is 5.26. The van der Waals surface area contributed by atoms with Crippen LogP contribution in [0.4, 0.5) is 0 Å². The van der Waals surface area contributed by atoms with Gasteiger partial charge in [0.05, 0.1) is 13.1 Å². The highest BCUT2D eigenvalue weighted by atomic mass is 16.5. The van der Waals surface area contributed by atoms with E-state index in [1.165, 1.54) is 0 Å². The predicted molar refractivity (Wildman–Crippen MR) is 95.0 cm³/mol. The molecule has 1 unspecified atom stereocenters. The summed E-state index contributed by atoms with van der Waals surface area (Å²) in [5.41, 5.74) is 0. The van der Waals surface area contributed by atoms with Gasteiger partial charge < -0.3 is 15.0 Å². The van der Waals surface area contributed by atoms with Crippen molar-refractivity contribution in [3.8, 4) is 5.75 Å². The predicted octanol–water partition coefficient (Wildman–Crippen LogP) is 1.68. The molecule has 2 rings (SSSR count). The topological polar surface area (TPSA) is 67.6 Å². The normalized spacial score (nSPS) is 12.8. The van der Waals surface area contributed by atoms with Gasteiger partial charge in [0, 0.05) is 20.6 Å². The molecule has 7 nitrogen and oxygen atoms in total. The highest BCUT2D eigenvalue weighted by Gasteiger charge is 2.11. The summed E-state index contributed by atoms with van der Waals surface area (Å²) in [4.78, 5) is 11.0. The summed E-state index contributed by atoms with van der Waals surface area (Å²) < 4.78 is 7.63. The monoisotopic (exact) mass is 330 g/mol. The molecule has 0 aliphatic rings. The number of hydrogen-bond donors (Lipinski definition) is 1. The number of aromatic nitrogens is 3. The fourth-order valence-electron chi connectivity index (χ4n) is 2.20. The average molecular weight is 330 g/mol. The molecule has 0 saturated heterocycles. The van der Waals surface area contributed by atoms with Gasteiger partial charge in [-0.15, -0.1) is 0 Å². The maximum Gasteiger partial charge on any atom is 0.194 e. The summed E-state index contributed by atoms with van der Waals surface area (Å²) in [7, 11) is 3.87. The van der Waals surface area contributed by atoms with E-state index in [0.29, 0.717) is 13.1 Å². The first-order chi connectivity index (χ1) is 11.6. The number of ether oxygens (including phenoxy) is 1. The molecule has 1 aromatic heterocycles. The Kier molecular flexibility index (Phi) is 6.60. The number of benzene rings is 1. The first-order valence-electron chi connectivity index (χ1n) is 8.14. The minimum atomic E-state index is -0.00992. The quantitative estimate of drug-likeness (QED) is 0.618. The lowest BCUT2D eigenvalue weighted by atomic mass is 10.3. The number of aryl methyl sites for hydroxylation is 1. The zero-order chi connectivity index (χ0) is 17.4. The van der Waals surface area contributed by atoms with E-state index in [1.807, 2.05) is 56.3 Å². The molecule has 1 N–H and O–H groups in total. The van der Waals surface area contributed by atoms with Crippen LogP contribution in [0, 0.1) is 0 Å². The maximum atomic E-state index is 5.87. The Morgan fingerprint density at radius 3 is 2.75 bits per heavy atom. The highest BCUT2D eigenvalue weighted by molar-refractivity contribution is 5.79. The molecular formula is C17H26N6O. The summed E-state index contributed by atoms with van der Waals surface area (Å²) in [6.45, 7) is 6.07. The number of aliphatic imine (C=N–C) groups is 1. The number of hydrogen-bond acceptors (Lipinski definition) is 4. The number of nitrogens with one attached hydrogen (secondary N) is 1. The summed E-state index contributed by atoms with van der Waals surface area (Å²) in [6, 6.07) is 9.80. The molecule has 0 aliphatic heterocycles. The Morgan fingerprint density at radius 2 is 2.12 bits per heavy atom. The molecule has 0 fully saturated rings. The minimum absolute atomic E-state index is 0.00992. The van der Waals surface area contributed by atoms with Crippen molar-refractivity contribution < 1.29 is 4.74 Å². The molecule has 0 spiro atoms. The molecule has 7 heteroatoms. The van der Waals surface area contributed by atoms with Crippen LogP contribution >= 0.6 is 0 Å². The van der Waals surface area contributed by atoms with Gasteiger partial charge in [-0.2, -0.15) is 5.10 Å². The fourth-order valence-corrected chi connectivity index (χ4v) is 2.20. The van der Waals surface area contributed by atoms with Gasteiger partial charge >= 0.3 is 0 Å². The van der Waals surface area contributed by atoms with Crippen LogP contribution in [0.1, 0.15) is 19.7 Å². The zero-order valence-electron chi connectivity index (χ0n) is 14.8. The van der Waals surface area contributed by atoms with Crippen molar-refractivity contribution in [1.29, 1.82) is 0 Å². The number of rotatable bonds is 7. The van der Waals surface area contributed by atoms with Crippen molar-refractivity contribution in [2.24, 2.45) is 12.0 Å². The molecule has 1 heterocycles. The lowest BCUT2D eigenvalue weighted by Crippen LogP contribution is -2.39. The fraction of sp³-hybridized carbons (Fsp3) is 0.471. The lowest BCUT2D eigenvalue weighted by molar-refractivity contribution is 0.229. The Hall–Kier alpha value is -2.57. The van der Waals surface area contributed by atoms with Crippen molar-refractivity contribution >= 4 is 5.96 Å². The van der Waals surface area contributed by atoms with E-state index in [2.05, 4.69) is 27.3 Å². The average Bonchev–Trinajstić information content (AvgIpc) is 2.97. The number of para-hydroxylation sites is 1. The van der Waals surface area contributed by atoms with Crippen LogP contribution in [0.15, 0.2) is 41.7 Å². The van der Waals surface area contributed by atoms with E-state index in [1.54, 1.807) is 11.0 Å². The van der Waals surface area contributed by atoms with Crippen LogP contribution in [0.5, 0.6) is 5.75 Å². The van der Waals surface area contributed by atoms with Crippen LogP contribution in [0.2, 0.25) is 0 Å². The largest absolute Gasteiger partial charge is 0.489 e. The van der Waals surface area contributed by atoms with Crippen LogP contribution < -0.4 is 10.1 Å². The van der Waals surface area contributed by atoms with Crippen molar-refractivity contribution in [2.75, 3.05) is 20.1 Å². The standard InChI is InChI=1S/C17H26N6O/c1-5-18-17(22(3)12-16-20-13-21-23(16)4)19-11-14(2)24-15-9-7-6-8-10-15/h6-10,13-14H,5,11-12H2,1-4H3,(H,18,19). The van der Waals surface area contributed by atoms with Crippen molar-refractivity contribution in [1.82, 2.24) is 25.0 Å². The van der Waals surface area contributed by atoms with E-state index >= 15 is 0 Å². The Morgan fingerprint density at radius 1 is 1.38 bits per heavy atom. The first kappa shape index (κ1) is 17.8. The molecule has 0 aliphatic carbocycles. The smallest absolute Gasteiger partial charge is 0.194 e. The summed E-state index contributed by atoms with van der Waals surface area (Å²) in [5, 5.41) is 7.39. The van der Waals surface area contributed by atoms with Crippen LogP contribution in [-0.2, 0) is 13.6 Å². The maximum absolute atomic E-state index is 5.87. The second-order valence-electron chi connectivity index (χ2n) is 5.59. The zero-order valence-corrected chi connectivity index (χ0v) is 14.8. The molecule has 0 saturated carbocycles. The van der Waals surface area contributed by atoms with Crippen molar-refractivity contribution in [2.45, 2.75) is 26.5 Å². The molecule has 1 atom stereocenters. The van der Waals surface area contributed by atoms with E-state index < -0.39 is 0 Å². The second-order valence-corrected chi connectivity index (χ2v) is 5.59. The molecule has 1 aromatic carbocycles. The van der Waals surface area contributed by atoms with Gasteiger partial charge in [-0.3, -0.25) is 4.68 Å². The van der Waals surface area contributed by atoms with Crippen LogP contribution in [0.25, 0.3) is 0 Å². The summed E-state index contributed by atoms with van der Waals surface area (Å²) >= 11 is 0. The minimum Gasteiger partial charge on any atom is -0.489 e. The molecule has 0 amide bonds. The van der Waals surface area contributed by atoms with Gasteiger partial charge in [0.15, 0.2) is 5.96 Å². The molecule has 2 aromatic rings. The van der Waals surface area contributed by atoms with Crippen LogP contribution in [-0.4, -0.2) is 51.9 Å². The highest BCUT2D eigenvalue weighted by Crippen LogP contribution is 2.11. The Balaban J connectivity index is 1.95.